The molecule has 1 aromatic rings. The Hall–Kier alpha value is -0.850. The van der Waals surface area contributed by atoms with Crippen molar-refractivity contribution in [2.45, 2.75) is 54.9 Å². The first kappa shape index (κ1) is 13.2. The van der Waals surface area contributed by atoms with E-state index in [2.05, 4.69) is 39.6 Å². The van der Waals surface area contributed by atoms with Crippen LogP contribution in [0.1, 0.15) is 48.8 Å². The summed E-state index contributed by atoms with van der Waals surface area (Å²) < 4.78 is 0. The fourth-order valence-electron chi connectivity index (χ4n) is 1.48. The molecule has 80 valence electrons. The summed E-state index contributed by atoms with van der Waals surface area (Å²) in [5.41, 5.74) is 6.52. The molecule has 0 spiro atoms. The third-order valence-electron chi connectivity index (χ3n) is 2.74. The highest BCUT2D eigenvalue weighted by atomic mass is 14.7. The summed E-state index contributed by atoms with van der Waals surface area (Å²) in [7, 11) is 0. The molecule has 0 aromatic carbocycles. The van der Waals surface area contributed by atoms with E-state index in [0.29, 0.717) is 0 Å². The minimum absolute atomic E-state index is 1.04. The van der Waals surface area contributed by atoms with E-state index in [-0.39, 0.29) is 0 Å². The summed E-state index contributed by atoms with van der Waals surface area (Å²) in [6.45, 7) is 14.7. The molecule has 1 heteroatoms. The first-order valence-electron chi connectivity index (χ1n) is 5.51. The Bertz CT molecular complexity index is 301. The highest BCUT2D eigenvalue weighted by molar-refractivity contribution is 5.37. The van der Waals surface area contributed by atoms with Crippen LogP contribution in [0.5, 0.6) is 0 Å². The average molecular weight is 193 g/mol. The van der Waals surface area contributed by atoms with Crippen molar-refractivity contribution >= 4 is 0 Å². The van der Waals surface area contributed by atoms with Gasteiger partial charge in [0.15, 0.2) is 0 Å². The number of nitrogens with zero attached hydrogens (tertiary/aromatic N) is 1. The van der Waals surface area contributed by atoms with Crippen LogP contribution in [0, 0.1) is 27.7 Å². The third kappa shape index (κ3) is 2.57. The van der Waals surface area contributed by atoms with Gasteiger partial charge in [-0.2, -0.15) is 0 Å². The van der Waals surface area contributed by atoms with Crippen LogP contribution in [-0.2, 0) is 6.42 Å². The fourth-order valence-corrected chi connectivity index (χ4v) is 1.48. The maximum atomic E-state index is 4.55. The molecule has 1 heterocycles. The minimum atomic E-state index is 1.04. The molecule has 0 saturated carbocycles. The molecule has 1 aromatic heterocycles. The zero-order valence-electron chi connectivity index (χ0n) is 10.7. The van der Waals surface area contributed by atoms with Crippen molar-refractivity contribution in [3.8, 4) is 0 Å². The van der Waals surface area contributed by atoms with Crippen molar-refractivity contribution in [2.75, 3.05) is 0 Å². The van der Waals surface area contributed by atoms with Gasteiger partial charge in [-0.1, -0.05) is 20.8 Å². The first-order chi connectivity index (χ1) is 6.57. The van der Waals surface area contributed by atoms with Gasteiger partial charge in [0, 0.05) is 11.4 Å². The zero-order valence-corrected chi connectivity index (χ0v) is 10.7. The monoisotopic (exact) mass is 193 g/mol. The lowest BCUT2D eigenvalue weighted by Crippen LogP contribution is -2.01. The Balaban J connectivity index is 0.000000791. The molecule has 0 bridgehead atoms. The maximum Gasteiger partial charge on any atom is 0.0436 e. The van der Waals surface area contributed by atoms with Crippen LogP contribution in [0.3, 0.4) is 0 Å². The van der Waals surface area contributed by atoms with E-state index >= 15 is 0 Å². The Kier molecular flexibility index (Phi) is 5.44. The van der Waals surface area contributed by atoms with Crippen LogP contribution in [-0.4, -0.2) is 4.98 Å². The standard InChI is InChI=1S/C11H17N.C2H6/c1-6-11-9(4)7(2)8(3)10(5)12-11;1-2/h6H2,1-5H3;1-2H3. The molecule has 0 aliphatic rings. The predicted molar refractivity (Wildman–Crippen MR) is 63.9 cm³/mol. The van der Waals surface area contributed by atoms with Crippen molar-refractivity contribution in [1.29, 1.82) is 0 Å². The molecule has 0 atom stereocenters. The lowest BCUT2D eigenvalue weighted by atomic mass is 10.0. The number of rotatable bonds is 1. The van der Waals surface area contributed by atoms with Gasteiger partial charge in [0.25, 0.3) is 0 Å². The molecule has 1 nitrogen and oxygen atoms in total. The van der Waals surface area contributed by atoms with E-state index in [9.17, 15) is 0 Å². The van der Waals surface area contributed by atoms with Crippen molar-refractivity contribution in [3.05, 3.63) is 28.1 Å². The second-order valence-corrected chi connectivity index (χ2v) is 3.37. The van der Waals surface area contributed by atoms with E-state index < -0.39 is 0 Å². The number of hydrogen-bond acceptors (Lipinski definition) is 1. The molecule has 0 N–H and O–H groups in total. The van der Waals surface area contributed by atoms with Crippen LogP contribution >= 0.6 is 0 Å². The SMILES string of the molecule is CC.CCc1nc(C)c(C)c(C)c1C. The number of pyridine rings is 1. The summed E-state index contributed by atoms with van der Waals surface area (Å²) in [5.74, 6) is 0. The molecule has 0 unspecified atom stereocenters. The van der Waals surface area contributed by atoms with Gasteiger partial charge in [-0.3, -0.25) is 4.98 Å². The number of aromatic nitrogens is 1. The van der Waals surface area contributed by atoms with Crippen molar-refractivity contribution in [3.63, 3.8) is 0 Å². The molecule has 14 heavy (non-hydrogen) atoms. The van der Waals surface area contributed by atoms with Crippen LogP contribution in [0.25, 0.3) is 0 Å². The van der Waals surface area contributed by atoms with Crippen LogP contribution in [0.4, 0.5) is 0 Å². The predicted octanol–water partition coefficient (Wildman–Crippen LogP) is 3.90. The molecule has 1 rings (SSSR count). The van der Waals surface area contributed by atoms with E-state index in [0.717, 1.165) is 6.42 Å². The van der Waals surface area contributed by atoms with Crippen molar-refractivity contribution < 1.29 is 0 Å². The molecular formula is C13H23N. The summed E-state index contributed by atoms with van der Waals surface area (Å²) >= 11 is 0. The van der Waals surface area contributed by atoms with Gasteiger partial charge in [-0.25, -0.2) is 0 Å². The molecule has 0 aliphatic heterocycles. The van der Waals surface area contributed by atoms with Gasteiger partial charge < -0.3 is 0 Å². The third-order valence-corrected chi connectivity index (χ3v) is 2.74. The highest BCUT2D eigenvalue weighted by Gasteiger charge is 2.06. The second-order valence-electron chi connectivity index (χ2n) is 3.37. The zero-order chi connectivity index (χ0) is 11.3. The number of hydrogen-bond donors (Lipinski definition) is 0. The molecule has 0 saturated heterocycles. The Morgan fingerprint density at radius 1 is 0.857 bits per heavy atom. The molecule has 0 fully saturated rings. The smallest absolute Gasteiger partial charge is 0.0436 e. The van der Waals surface area contributed by atoms with Gasteiger partial charge in [-0.15, -0.1) is 0 Å². The largest absolute Gasteiger partial charge is 0.258 e. The number of aryl methyl sites for hydroxylation is 2. The van der Waals surface area contributed by atoms with E-state index in [1.165, 1.54) is 28.1 Å². The van der Waals surface area contributed by atoms with Gasteiger partial charge in [-0.05, 0) is 50.8 Å². The van der Waals surface area contributed by atoms with Crippen molar-refractivity contribution in [2.24, 2.45) is 0 Å². The molecule has 0 radical (unpaired) electrons. The quantitative estimate of drug-likeness (QED) is 0.659. The fraction of sp³-hybridized carbons (Fsp3) is 0.615. The van der Waals surface area contributed by atoms with Gasteiger partial charge in [0.2, 0.25) is 0 Å². The lowest BCUT2D eigenvalue weighted by Gasteiger charge is -2.11. The Labute approximate surface area is 88.6 Å². The van der Waals surface area contributed by atoms with Gasteiger partial charge in [0.1, 0.15) is 0 Å². The molecular weight excluding hydrogens is 170 g/mol. The lowest BCUT2D eigenvalue weighted by molar-refractivity contribution is 0.953. The summed E-state index contributed by atoms with van der Waals surface area (Å²) in [6.07, 6.45) is 1.04. The van der Waals surface area contributed by atoms with E-state index in [1.807, 2.05) is 13.8 Å². The van der Waals surface area contributed by atoms with Crippen molar-refractivity contribution in [1.82, 2.24) is 4.98 Å². The molecule has 0 aliphatic carbocycles. The minimum Gasteiger partial charge on any atom is -0.258 e. The van der Waals surface area contributed by atoms with Crippen LogP contribution in [0.2, 0.25) is 0 Å². The Morgan fingerprint density at radius 2 is 1.36 bits per heavy atom. The first-order valence-corrected chi connectivity index (χ1v) is 5.51. The normalized spacial score (nSPS) is 9.36. The topological polar surface area (TPSA) is 12.9 Å². The summed E-state index contributed by atoms with van der Waals surface area (Å²) in [5, 5.41) is 0. The maximum absolute atomic E-state index is 4.55. The highest BCUT2D eigenvalue weighted by Crippen LogP contribution is 2.17. The van der Waals surface area contributed by atoms with E-state index in [4.69, 9.17) is 0 Å². The summed E-state index contributed by atoms with van der Waals surface area (Å²) in [4.78, 5) is 4.55. The summed E-state index contributed by atoms with van der Waals surface area (Å²) in [6, 6.07) is 0. The Morgan fingerprint density at radius 3 is 1.79 bits per heavy atom. The van der Waals surface area contributed by atoms with Gasteiger partial charge in [0.05, 0.1) is 0 Å². The average Bonchev–Trinajstić information content (AvgIpc) is 2.23. The molecule has 0 amide bonds. The van der Waals surface area contributed by atoms with E-state index in [1.54, 1.807) is 0 Å². The van der Waals surface area contributed by atoms with Crippen LogP contribution < -0.4 is 0 Å². The van der Waals surface area contributed by atoms with Crippen LogP contribution in [0.15, 0.2) is 0 Å². The van der Waals surface area contributed by atoms with Gasteiger partial charge >= 0.3 is 0 Å². The second kappa shape index (κ2) is 5.79.